The lowest BCUT2D eigenvalue weighted by atomic mass is 9.77. The van der Waals surface area contributed by atoms with Crippen LogP contribution in [0, 0.1) is 75.6 Å². The molecule has 0 aliphatic carbocycles. The Morgan fingerprint density at radius 3 is 1.02 bits per heavy atom. The van der Waals surface area contributed by atoms with Crippen molar-refractivity contribution in [2.75, 3.05) is 0 Å². The molecule has 4 aromatic rings. The lowest BCUT2D eigenvalue weighted by Crippen LogP contribution is -2.39. The van der Waals surface area contributed by atoms with E-state index >= 15 is 26.3 Å². The summed E-state index contributed by atoms with van der Waals surface area (Å²) in [5, 5.41) is 11.4. The van der Waals surface area contributed by atoms with Crippen molar-refractivity contribution in [2.45, 2.75) is 11.4 Å². The topological polar surface area (TPSA) is 29.5 Å². The molecule has 2 nitrogen and oxygen atoms in total. The molecule has 0 radical (unpaired) electrons. The number of fused-ring (bicyclic) bond motifs is 1. The number of aliphatic hydroxyl groups is 1. The molecule has 1 aliphatic heterocycles. The second-order valence-electron chi connectivity index (χ2n) is 8.67. The summed E-state index contributed by atoms with van der Waals surface area (Å²) in [7, 11) is 0. The first-order valence-electron chi connectivity index (χ1n) is 10.8. The molecule has 15 heteroatoms. The lowest BCUT2D eigenvalue weighted by molar-refractivity contribution is -0.215. The fraction of sp³-hybridized carbons (Fsp3) is 0.0769. The van der Waals surface area contributed by atoms with Gasteiger partial charge in [0.05, 0.1) is 22.3 Å². The number of hydrogen-bond acceptors (Lipinski definition) is 2. The Morgan fingerprint density at radius 2 is 0.683 bits per heavy atom. The maximum Gasteiger partial charge on any atom is 0.230 e. The maximum absolute atomic E-state index is 15.6. The Kier molecular flexibility index (Phi) is 6.38. The minimum atomic E-state index is -4.43. The van der Waals surface area contributed by atoms with E-state index in [-0.39, 0.29) is 36.4 Å². The second kappa shape index (κ2) is 9.21. The molecule has 0 amide bonds. The number of benzene rings is 4. The van der Waals surface area contributed by atoms with Crippen LogP contribution in [0.25, 0.3) is 0 Å². The summed E-state index contributed by atoms with van der Waals surface area (Å²) in [4.78, 5) is 0. The van der Waals surface area contributed by atoms with E-state index in [0.29, 0.717) is 0 Å². The predicted octanol–water partition coefficient (Wildman–Crippen LogP) is 7.01. The zero-order valence-electron chi connectivity index (χ0n) is 19.2. The van der Waals surface area contributed by atoms with E-state index in [2.05, 4.69) is 0 Å². The summed E-state index contributed by atoms with van der Waals surface area (Å²) in [6.45, 7) is 0. The van der Waals surface area contributed by atoms with Crippen molar-refractivity contribution in [1.82, 2.24) is 0 Å². The molecular weight excluding hydrogens is 591 g/mol. The highest BCUT2D eigenvalue weighted by atomic mass is 19.2. The third kappa shape index (κ3) is 3.82. The molecule has 1 aliphatic rings. The molecule has 0 saturated carbocycles. The van der Waals surface area contributed by atoms with Crippen molar-refractivity contribution >= 4 is 0 Å². The zero-order chi connectivity index (χ0) is 30.3. The molecule has 0 spiro atoms. The minimum absolute atomic E-state index is 0.189. The molecule has 1 unspecified atom stereocenters. The van der Waals surface area contributed by atoms with E-state index in [1.807, 2.05) is 0 Å². The molecule has 1 atom stereocenters. The van der Waals surface area contributed by atoms with Gasteiger partial charge in [-0.25, -0.2) is 57.1 Å². The van der Waals surface area contributed by atoms with Crippen molar-refractivity contribution in [3.63, 3.8) is 0 Å². The number of ether oxygens (including phenoxy) is 1. The van der Waals surface area contributed by atoms with Gasteiger partial charge in [0.25, 0.3) is 0 Å². The lowest BCUT2D eigenvalue weighted by Gasteiger charge is -2.35. The van der Waals surface area contributed by atoms with Crippen LogP contribution in [0.1, 0.15) is 27.8 Å². The number of hydrogen-bond donors (Lipinski definition) is 1. The molecule has 214 valence electrons. The molecule has 0 aromatic heterocycles. The summed E-state index contributed by atoms with van der Waals surface area (Å²) in [5.74, 6) is -34.2. The Labute approximate surface area is 218 Å². The van der Waals surface area contributed by atoms with Crippen molar-refractivity contribution in [2.24, 2.45) is 0 Å². The zero-order valence-corrected chi connectivity index (χ0v) is 19.2. The van der Waals surface area contributed by atoms with Crippen LogP contribution in [0.5, 0.6) is 0 Å². The summed E-state index contributed by atoms with van der Waals surface area (Å²) < 4.78 is 197. The van der Waals surface area contributed by atoms with Gasteiger partial charge in [-0.2, -0.15) is 0 Å². The fourth-order valence-electron chi connectivity index (χ4n) is 4.88. The highest BCUT2D eigenvalue weighted by molar-refractivity contribution is 5.60. The maximum atomic E-state index is 15.6. The van der Waals surface area contributed by atoms with Gasteiger partial charge < -0.3 is 9.84 Å². The Morgan fingerprint density at radius 1 is 0.390 bits per heavy atom. The molecule has 0 bridgehead atoms. The van der Waals surface area contributed by atoms with Crippen molar-refractivity contribution in [3.8, 4) is 0 Å². The van der Waals surface area contributed by atoms with Gasteiger partial charge in [0.15, 0.2) is 28.9 Å². The standard InChI is InChI=1S/C26H7F13O2/c27-7-1-10(30)16(11(31)2-7)25(17-12(32)3-8(28)4-13(17)33)19-20(22(37)24(39)23(38)21(19)36)26(40,41-25)18-14(34)5-9(29)6-15(18)35/h1-6,40H. The summed E-state index contributed by atoms with van der Waals surface area (Å²) in [5.41, 5.74) is -14.9. The first-order chi connectivity index (χ1) is 19.1. The molecular formula is C26H7F13O2. The average Bonchev–Trinajstić information content (AvgIpc) is 3.09. The van der Waals surface area contributed by atoms with E-state index in [0.717, 1.165) is 0 Å². The molecule has 0 fully saturated rings. The molecule has 4 aromatic carbocycles. The number of halogens is 13. The Bertz CT molecular complexity index is 1660. The first-order valence-corrected chi connectivity index (χ1v) is 10.8. The fourth-order valence-corrected chi connectivity index (χ4v) is 4.88. The van der Waals surface area contributed by atoms with E-state index in [4.69, 9.17) is 4.74 Å². The van der Waals surface area contributed by atoms with Crippen LogP contribution in [-0.4, -0.2) is 5.11 Å². The van der Waals surface area contributed by atoms with Crippen LogP contribution in [0.3, 0.4) is 0 Å². The molecule has 0 saturated heterocycles. The van der Waals surface area contributed by atoms with Crippen molar-refractivity contribution < 1.29 is 66.9 Å². The van der Waals surface area contributed by atoms with Gasteiger partial charge >= 0.3 is 0 Å². The van der Waals surface area contributed by atoms with Gasteiger partial charge in [0.1, 0.15) is 52.4 Å². The molecule has 1 heterocycles. The van der Waals surface area contributed by atoms with Gasteiger partial charge in [-0.3, -0.25) is 0 Å². The summed E-state index contributed by atoms with van der Waals surface area (Å²) in [6.07, 6.45) is 0. The van der Waals surface area contributed by atoms with E-state index in [1.54, 1.807) is 0 Å². The van der Waals surface area contributed by atoms with Gasteiger partial charge in [-0.1, -0.05) is 0 Å². The SMILES string of the molecule is OC1(c2c(F)cc(F)cc2F)OC(c2c(F)cc(F)cc2F)(c2c(F)cc(F)cc2F)c2c(F)c(F)c(F)c(F)c21. The highest BCUT2D eigenvalue weighted by Crippen LogP contribution is 2.59. The first kappa shape index (κ1) is 28.4. The van der Waals surface area contributed by atoms with Crippen molar-refractivity contribution in [3.05, 3.63) is 140 Å². The number of rotatable bonds is 3. The normalized spacial score (nSPS) is 17.7. The summed E-state index contributed by atoms with van der Waals surface area (Å²) in [6, 6.07) is -1.24. The largest absolute Gasteiger partial charge is 0.358 e. The quantitative estimate of drug-likeness (QED) is 0.156. The smallest absolute Gasteiger partial charge is 0.230 e. The molecule has 41 heavy (non-hydrogen) atoms. The van der Waals surface area contributed by atoms with Crippen LogP contribution >= 0.6 is 0 Å². The molecule has 5 rings (SSSR count). The summed E-state index contributed by atoms with van der Waals surface area (Å²) >= 11 is 0. The predicted molar refractivity (Wildman–Crippen MR) is 109 cm³/mol. The monoisotopic (exact) mass is 598 g/mol. The van der Waals surface area contributed by atoms with Crippen LogP contribution in [0.4, 0.5) is 57.1 Å². The van der Waals surface area contributed by atoms with Crippen LogP contribution in [-0.2, 0) is 16.1 Å². The second-order valence-corrected chi connectivity index (χ2v) is 8.67. The Hall–Kier alpha value is -4.11. The van der Waals surface area contributed by atoms with Crippen LogP contribution in [0.2, 0.25) is 0 Å². The Balaban J connectivity index is 2.11. The van der Waals surface area contributed by atoms with Crippen LogP contribution in [0.15, 0.2) is 36.4 Å². The van der Waals surface area contributed by atoms with Gasteiger partial charge in [0.2, 0.25) is 5.79 Å². The minimum Gasteiger partial charge on any atom is -0.358 e. The average molecular weight is 598 g/mol. The highest BCUT2D eigenvalue weighted by Gasteiger charge is 2.64. The molecule has 1 N–H and O–H groups in total. The van der Waals surface area contributed by atoms with Gasteiger partial charge in [-0.05, 0) is 0 Å². The van der Waals surface area contributed by atoms with Gasteiger partial charge in [0, 0.05) is 42.0 Å². The van der Waals surface area contributed by atoms with E-state index < -0.39 is 115 Å². The van der Waals surface area contributed by atoms with E-state index in [1.165, 1.54) is 0 Å². The third-order valence-corrected chi connectivity index (χ3v) is 6.32. The van der Waals surface area contributed by atoms with E-state index in [9.17, 15) is 35.8 Å². The van der Waals surface area contributed by atoms with Crippen molar-refractivity contribution in [1.29, 1.82) is 0 Å². The van der Waals surface area contributed by atoms with Crippen LogP contribution < -0.4 is 0 Å². The van der Waals surface area contributed by atoms with Gasteiger partial charge in [-0.15, -0.1) is 0 Å². The third-order valence-electron chi connectivity index (χ3n) is 6.32.